The zero-order chi connectivity index (χ0) is 16.7. The second-order valence-electron chi connectivity index (χ2n) is 8.41. The van der Waals surface area contributed by atoms with Gasteiger partial charge < -0.3 is 4.98 Å². The van der Waals surface area contributed by atoms with Gasteiger partial charge in [-0.15, -0.1) is 0 Å². The fourth-order valence-corrected chi connectivity index (χ4v) is 8.67. The van der Waals surface area contributed by atoms with Crippen molar-refractivity contribution in [3.63, 3.8) is 0 Å². The Morgan fingerprint density at radius 1 is 0.667 bits per heavy atom. The minimum absolute atomic E-state index is 0.716. The zero-order valence-corrected chi connectivity index (χ0v) is 16.8. The van der Waals surface area contributed by atoms with Crippen LogP contribution in [0.2, 0.25) is 0 Å². The van der Waals surface area contributed by atoms with Gasteiger partial charge in [-0.1, -0.05) is 51.9 Å². The van der Waals surface area contributed by atoms with E-state index in [4.69, 9.17) is 0 Å². The quantitative estimate of drug-likeness (QED) is 0.359. The van der Waals surface area contributed by atoms with E-state index < -0.39 is 8.72 Å². The topological polar surface area (TPSA) is 48.1 Å². The summed E-state index contributed by atoms with van der Waals surface area (Å²) < 4.78 is 0. The van der Waals surface area contributed by atoms with Crippen molar-refractivity contribution in [1.82, 2.24) is 19.9 Å². The molecule has 0 amide bonds. The van der Waals surface area contributed by atoms with E-state index in [1.807, 2.05) is 0 Å². The highest BCUT2D eigenvalue weighted by Gasteiger charge is 2.41. The Bertz CT molecular complexity index is 302. The lowest BCUT2D eigenvalue weighted by atomic mass is 10.3. The van der Waals surface area contributed by atoms with E-state index in [9.17, 15) is 0 Å². The molecule has 0 spiro atoms. The summed E-state index contributed by atoms with van der Waals surface area (Å²) >= 11 is 0. The summed E-state index contributed by atoms with van der Waals surface area (Å²) in [4.78, 5) is 16.5. The molecule has 4 N–H and O–H groups in total. The van der Waals surface area contributed by atoms with E-state index in [2.05, 4.69) is 26.9 Å². The molecule has 3 fully saturated rings. The molecule has 0 bridgehead atoms. The van der Waals surface area contributed by atoms with Crippen molar-refractivity contribution >= 4 is 8.72 Å². The average Bonchev–Trinajstić information content (AvgIpc) is 3.31. The third-order valence-corrected chi connectivity index (χ3v) is 9.55. The number of unbranched alkanes of at least 4 members (excludes halogenated alkanes) is 1. The summed E-state index contributed by atoms with van der Waals surface area (Å²) in [6.07, 6.45) is 19.2. The van der Waals surface area contributed by atoms with Gasteiger partial charge in [-0.25, -0.2) is 0 Å². The smallest absolute Gasteiger partial charge is 0.301 e. The maximum Gasteiger partial charge on any atom is 0.366 e. The van der Waals surface area contributed by atoms with Gasteiger partial charge in [0.05, 0.1) is 0 Å². The molecule has 24 heavy (non-hydrogen) atoms. The SMILES string of the molecule is CCCCN[Si](NC1CCCC1)(NC1CCCC1)NC1CCCC1. The van der Waals surface area contributed by atoms with Gasteiger partial charge in [0.25, 0.3) is 0 Å². The van der Waals surface area contributed by atoms with E-state index in [1.165, 1.54) is 89.9 Å². The van der Waals surface area contributed by atoms with Crippen molar-refractivity contribution in [2.45, 2.75) is 115 Å². The van der Waals surface area contributed by atoms with Crippen LogP contribution >= 0.6 is 0 Å². The first-order valence-corrected chi connectivity index (χ1v) is 12.9. The number of hydrogen-bond acceptors (Lipinski definition) is 4. The Morgan fingerprint density at radius 2 is 1.04 bits per heavy atom. The van der Waals surface area contributed by atoms with Crippen molar-refractivity contribution in [3.8, 4) is 0 Å². The van der Waals surface area contributed by atoms with E-state index in [1.54, 1.807) is 0 Å². The summed E-state index contributed by atoms with van der Waals surface area (Å²) in [7, 11) is -2.03. The highest BCUT2D eigenvalue weighted by Crippen LogP contribution is 2.23. The van der Waals surface area contributed by atoms with Crippen LogP contribution in [-0.4, -0.2) is 33.4 Å². The lowest BCUT2D eigenvalue weighted by molar-refractivity contribution is 0.502. The molecule has 0 saturated heterocycles. The van der Waals surface area contributed by atoms with E-state index in [0.717, 1.165) is 6.54 Å². The molecule has 3 aliphatic carbocycles. The second-order valence-corrected chi connectivity index (χ2v) is 11.1. The third-order valence-electron chi connectivity index (χ3n) is 6.25. The molecular formula is C19H40N4Si. The lowest BCUT2D eigenvalue weighted by Crippen LogP contribution is -2.84. The molecule has 3 saturated carbocycles. The van der Waals surface area contributed by atoms with Crippen LogP contribution in [0.5, 0.6) is 0 Å². The molecule has 0 radical (unpaired) electrons. The Labute approximate surface area is 150 Å². The number of nitrogens with one attached hydrogen (secondary N) is 4. The van der Waals surface area contributed by atoms with Crippen LogP contribution in [0.15, 0.2) is 0 Å². The Morgan fingerprint density at radius 3 is 1.38 bits per heavy atom. The monoisotopic (exact) mass is 352 g/mol. The zero-order valence-electron chi connectivity index (χ0n) is 15.8. The molecule has 140 valence electrons. The Balaban J connectivity index is 1.69. The maximum absolute atomic E-state index is 4.15. The van der Waals surface area contributed by atoms with Crippen LogP contribution < -0.4 is 19.9 Å². The molecule has 0 unspecified atom stereocenters. The molecular weight excluding hydrogens is 312 g/mol. The molecule has 0 aromatic carbocycles. The molecule has 0 aromatic heterocycles. The van der Waals surface area contributed by atoms with Gasteiger partial charge in [0, 0.05) is 18.1 Å². The molecule has 0 atom stereocenters. The van der Waals surface area contributed by atoms with Crippen molar-refractivity contribution in [1.29, 1.82) is 0 Å². The lowest BCUT2D eigenvalue weighted by Gasteiger charge is -2.40. The van der Waals surface area contributed by atoms with Crippen molar-refractivity contribution in [2.75, 3.05) is 6.54 Å². The van der Waals surface area contributed by atoms with Gasteiger partial charge in [0.2, 0.25) is 0 Å². The van der Waals surface area contributed by atoms with Crippen LogP contribution in [0.3, 0.4) is 0 Å². The summed E-state index contributed by atoms with van der Waals surface area (Å²) in [6.45, 7) is 3.44. The fourth-order valence-electron chi connectivity index (χ4n) is 4.86. The molecule has 3 aliphatic rings. The Hall–Kier alpha value is 0.0569. The highest BCUT2D eigenvalue weighted by atomic mass is 28.4. The van der Waals surface area contributed by atoms with Gasteiger partial charge in [0.1, 0.15) is 0 Å². The minimum atomic E-state index is -2.03. The van der Waals surface area contributed by atoms with Gasteiger partial charge in [-0.3, -0.25) is 14.9 Å². The van der Waals surface area contributed by atoms with Crippen LogP contribution in [0.25, 0.3) is 0 Å². The summed E-state index contributed by atoms with van der Waals surface area (Å²) in [6, 6.07) is 2.15. The first-order chi connectivity index (χ1) is 11.8. The third kappa shape index (κ3) is 5.53. The fraction of sp³-hybridized carbons (Fsp3) is 1.00. The first kappa shape index (κ1) is 18.8. The van der Waals surface area contributed by atoms with Gasteiger partial charge in [0.15, 0.2) is 0 Å². The van der Waals surface area contributed by atoms with Crippen molar-refractivity contribution < 1.29 is 0 Å². The Kier molecular flexibility index (Phi) is 7.59. The van der Waals surface area contributed by atoms with Crippen molar-refractivity contribution in [2.24, 2.45) is 0 Å². The van der Waals surface area contributed by atoms with E-state index in [0.29, 0.717) is 18.1 Å². The predicted molar refractivity (Wildman–Crippen MR) is 105 cm³/mol. The van der Waals surface area contributed by atoms with Gasteiger partial charge >= 0.3 is 8.72 Å². The van der Waals surface area contributed by atoms with Crippen molar-refractivity contribution in [3.05, 3.63) is 0 Å². The van der Waals surface area contributed by atoms with Crippen LogP contribution in [0.1, 0.15) is 96.8 Å². The normalized spacial score (nSPS) is 24.4. The van der Waals surface area contributed by atoms with Gasteiger partial charge in [-0.05, 0) is 51.5 Å². The molecule has 4 nitrogen and oxygen atoms in total. The van der Waals surface area contributed by atoms with Crippen LogP contribution in [-0.2, 0) is 0 Å². The molecule has 3 rings (SSSR count). The first-order valence-electron chi connectivity index (χ1n) is 10.9. The summed E-state index contributed by atoms with van der Waals surface area (Å²) in [5.74, 6) is 0. The number of hydrogen-bond donors (Lipinski definition) is 4. The summed E-state index contributed by atoms with van der Waals surface area (Å²) in [5.41, 5.74) is 0. The molecule has 0 aliphatic heterocycles. The van der Waals surface area contributed by atoms with Crippen LogP contribution in [0.4, 0.5) is 0 Å². The molecule has 0 heterocycles. The van der Waals surface area contributed by atoms with E-state index in [-0.39, 0.29) is 0 Å². The molecule has 0 aromatic rings. The largest absolute Gasteiger partial charge is 0.366 e. The predicted octanol–water partition coefficient (Wildman–Crippen LogP) is 3.41. The average molecular weight is 353 g/mol. The van der Waals surface area contributed by atoms with Gasteiger partial charge in [-0.2, -0.15) is 0 Å². The van der Waals surface area contributed by atoms with E-state index >= 15 is 0 Å². The number of rotatable bonds is 10. The maximum atomic E-state index is 4.15. The second kappa shape index (κ2) is 9.67. The molecule has 5 heteroatoms. The standard InChI is InChI=1S/C19H40N4Si/c1-2-3-16-20-24(21-17-10-4-5-11-17,22-18-12-6-7-13-18)23-19-14-8-9-15-19/h17-23H,2-16H2,1H3. The minimum Gasteiger partial charge on any atom is -0.301 e. The van der Waals surface area contributed by atoms with Crippen LogP contribution in [0, 0.1) is 0 Å². The highest BCUT2D eigenvalue weighted by molar-refractivity contribution is 6.70. The summed E-state index contributed by atoms with van der Waals surface area (Å²) in [5, 5.41) is 0.